The Morgan fingerprint density at radius 3 is 2.64 bits per heavy atom. The lowest BCUT2D eigenvalue weighted by Crippen LogP contribution is -2.35. The molecule has 1 fully saturated rings. The number of nitrogens with one attached hydrogen (secondary N) is 1. The highest BCUT2D eigenvalue weighted by Crippen LogP contribution is 2.29. The molecule has 2 heterocycles. The Balaban J connectivity index is 1.55. The van der Waals surface area contributed by atoms with E-state index < -0.39 is 0 Å². The van der Waals surface area contributed by atoms with Gasteiger partial charge in [0.15, 0.2) is 0 Å². The molecule has 4 rings (SSSR count). The predicted octanol–water partition coefficient (Wildman–Crippen LogP) is 3.52. The smallest absolute Gasteiger partial charge is 0.150 e. The van der Waals surface area contributed by atoms with Crippen molar-refractivity contribution in [1.82, 2.24) is 15.1 Å². The molecule has 0 aliphatic carbocycles. The van der Waals surface area contributed by atoms with Crippen molar-refractivity contribution in [2.45, 2.75) is 18.9 Å². The third-order valence-corrected chi connectivity index (χ3v) is 4.82. The van der Waals surface area contributed by atoms with Crippen molar-refractivity contribution in [1.29, 1.82) is 0 Å². The first-order valence-electron chi connectivity index (χ1n) is 8.62. The highest BCUT2D eigenvalue weighted by atomic mass is 16.5. The molecular weight excluding hydrogens is 314 g/mol. The van der Waals surface area contributed by atoms with Crippen molar-refractivity contribution in [2.24, 2.45) is 0 Å². The van der Waals surface area contributed by atoms with E-state index in [0.717, 1.165) is 60.1 Å². The third-order valence-electron chi connectivity index (χ3n) is 4.82. The van der Waals surface area contributed by atoms with Crippen molar-refractivity contribution in [2.75, 3.05) is 20.1 Å². The number of ether oxygens (including phenoxy) is 1. The van der Waals surface area contributed by atoms with E-state index in [4.69, 9.17) is 4.74 Å². The van der Waals surface area contributed by atoms with Crippen LogP contribution < -0.4 is 4.74 Å². The lowest BCUT2D eigenvalue weighted by Gasteiger charge is -2.29. The highest BCUT2D eigenvalue weighted by molar-refractivity contribution is 5.96. The molecule has 2 aromatic carbocycles. The Labute approximate surface area is 146 Å². The second-order valence-electron chi connectivity index (χ2n) is 6.64. The van der Waals surface area contributed by atoms with Crippen LogP contribution in [0.3, 0.4) is 0 Å². The number of aldehydes is 1. The molecule has 1 N–H and O–H groups in total. The van der Waals surface area contributed by atoms with Crippen LogP contribution >= 0.6 is 0 Å². The number of fused-ring (bicyclic) bond motifs is 1. The van der Waals surface area contributed by atoms with Crippen LogP contribution in [-0.4, -0.2) is 47.6 Å². The summed E-state index contributed by atoms with van der Waals surface area (Å²) in [4.78, 5) is 13.4. The molecule has 1 aliphatic heterocycles. The molecule has 0 radical (unpaired) electrons. The number of hydrogen-bond acceptors (Lipinski definition) is 4. The maximum Gasteiger partial charge on any atom is 0.150 e. The van der Waals surface area contributed by atoms with E-state index >= 15 is 0 Å². The zero-order valence-corrected chi connectivity index (χ0v) is 14.2. The molecule has 0 saturated carbocycles. The van der Waals surface area contributed by atoms with Gasteiger partial charge in [0.2, 0.25) is 0 Å². The molecule has 5 nitrogen and oxygen atoms in total. The SMILES string of the molecule is CN1CCC(Oc2ccc(-c3n[nH]c4ccc(C=O)cc34)cc2)CC1. The van der Waals surface area contributed by atoms with Crippen LogP contribution in [0.5, 0.6) is 5.75 Å². The average molecular weight is 335 g/mol. The summed E-state index contributed by atoms with van der Waals surface area (Å²) < 4.78 is 6.10. The van der Waals surface area contributed by atoms with Crippen LogP contribution in [0, 0.1) is 0 Å². The largest absolute Gasteiger partial charge is 0.490 e. The second kappa shape index (κ2) is 6.69. The summed E-state index contributed by atoms with van der Waals surface area (Å²) >= 11 is 0. The van der Waals surface area contributed by atoms with Crippen LogP contribution in [0.4, 0.5) is 0 Å². The van der Waals surface area contributed by atoms with Gasteiger partial charge in [-0.1, -0.05) is 0 Å². The quantitative estimate of drug-likeness (QED) is 0.741. The van der Waals surface area contributed by atoms with E-state index in [0.29, 0.717) is 11.7 Å². The molecular formula is C20H21N3O2. The van der Waals surface area contributed by atoms with E-state index in [1.807, 2.05) is 36.4 Å². The van der Waals surface area contributed by atoms with Crippen LogP contribution in [0.25, 0.3) is 22.2 Å². The summed E-state index contributed by atoms with van der Waals surface area (Å²) in [6.07, 6.45) is 3.28. The van der Waals surface area contributed by atoms with Gasteiger partial charge in [-0.2, -0.15) is 5.10 Å². The topological polar surface area (TPSA) is 58.2 Å². The normalized spacial score (nSPS) is 16.2. The van der Waals surface area contributed by atoms with E-state index in [-0.39, 0.29) is 0 Å². The Bertz CT molecular complexity index is 878. The number of nitrogens with zero attached hydrogens (tertiary/aromatic N) is 2. The number of likely N-dealkylation sites (tertiary alicyclic amines) is 1. The lowest BCUT2D eigenvalue weighted by atomic mass is 10.1. The second-order valence-corrected chi connectivity index (χ2v) is 6.64. The van der Waals surface area contributed by atoms with Crippen LogP contribution in [0.2, 0.25) is 0 Å². The van der Waals surface area contributed by atoms with E-state index in [1.54, 1.807) is 6.07 Å². The zero-order valence-electron chi connectivity index (χ0n) is 14.2. The first-order valence-corrected chi connectivity index (χ1v) is 8.62. The molecule has 1 aromatic heterocycles. The van der Waals surface area contributed by atoms with Gasteiger partial charge in [-0.15, -0.1) is 0 Å². The van der Waals surface area contributed by atoms with Crippen LogP contribution in [-0.2, 0) is 0 Å². The fourth-order valence-corrected chi connectivity index (χ4v) is 3.31. The fraction of sp³-hybridized carbons (Fsp3) is 0.300. The number of hydrogen-bond donors (Lipinski definition) is 1. The number of carbonyl (C=O) groups excluding carboxylic acids is 1. The molecule has 0 unspecified atom stereocenters. The minimum atomic E-state index is 0.295. The number of rotatable bonds is 4. The van der Waals surface area contributed by atoms with Crippen LogP contribution in [0.1, 0.15) is 23.2 Å². The van der Waals surface area contributed by atoms with Gasteiger partial charge in [0.25, 0.3) is 0 Å². The first kappa shape index (κ1) is 15.8. The number of benzene rings is 2. The van der Waals surface area contributed by atoms with Gasteiger partial charge in [-0.25, -0.2) is 0 Å². The van der Waals surface area contributed by atoms with Crippen molar-refractivity contribution in [3.05, 3.63) is 48.0 Å². The van der Waals surface area contributed by atoms with Crippen molar-refractivity contribution in [3.63, 3.8) is 0 Å². The molecule has 1 saturated heterocycles. The Morgan fingerprint density at radius 1 is 1.16 bits per heavy atom. The lowest BCUT2D eigenvalue weighted by molar-refractivity contribution is 0.112. The first-order chi connectivity index (χ1) is 12.2. The van der Waals surface area contributed by atoms with Gasteiger partial charge in [-0.3, -0.25) is 9.89 Å². The van der Waals surface area contributed by atoms with Gasteiger partial charge < -0.3 is 9.64 Å². The standard InChI is InChI=1S/C20H21N3O2/c1-23-10-8-17(9-11-23)25-16-5-3-15(4-6-16)20-18-12-14(13-24)2-7-19(18)21-22-20/h2-7,12-13,17H,8-11H2,1H3,(H,21,22). The van der Waals surface area contributed by atoms with Gasteiger partial charge >= 0.3 is 0 Å². The molecule has 0 bridgehead atoms. The molecule has 5 heteroatoms. The molecule has 0 atom stereocenters. The third kappa shape index (κ3) is 3.28. The van der Waals surface area contributed by atoms with Gasteiger partial charge in [0.05, 0.1) is 11.2 Å². The Hall–Kier alpha value is -2.66. The van der Waals surface area contributed by atoms with Crippen molar-refractivity contribution in [3.8, 4) is 17.0 Å². The van der Waals surface area contributed by atoms with E-state index in [9.17, 15) is 4.79 Å². The van der Waals surface area contributed by atoms with Crippen molar-refractivity contribution >= 4 is 17.2 Å². The molecule has 0 amide bonds. The highest BCUT2D eigenvalue weighted by Gasteiger charge is 2.18. The summed E-state index contributed by atoms with van der Waals surface area (Å²) in [5, 5.41) is 8.38. The van der Waals surface area contributed by atoms with Crippen LogP contribution in [0.15, 0.2) is 42.5 Å². The maximum absolute atomic E-state index is 11.0. The van der Waals surface area contributed by atoms with Gasteiger partial charge in [0.1, 0.15) is 18.1 Å². The average Bonchev–Trinajstić information content (AvgIpc) is 3.07. The zero-order chi connectivity index (χ0) is 17.2. The number of carbonyl (C=O) groups is 1. The summed E-state index contributed by atoms with van der Waals surface area (Å²) in [5.74, 6) is 0.895. The molecule has 3 aromatic rings. The number of aromatic nitrogens is 2. The molecule has 128 valence electrons. The maximum atomic E-state index is 11.0. The predicted molar refractivity (Wildman–Crippen MR) is 98.1 cm³/mol. The van der Waals surface area contributed by atoms with E-state index in [1.165, 1.54) is 0 Å². The summed E-state index contributed by atoms with van der Waals surface area (Å²) in [6.45, 7) is 2.17. The minimum absolute atomic E-state index is 0.295. The van der Waals surface area contributed by atoms with Crippen molar-refractivity contribution < 1.29 is 9.53 Å². The Kier molecular flexibility index (Phi) is 4.24. The summed E-state index contributed by atoms with van der Waals surface area (Å²) in [7, 11) is 2.15. The molecule has 1 aliphatic rings. The van der Waals surface area contributed by atoms with Gasteiger partial charge in [-0.05, 0) is 62.4 Å². The number of aromatic amines is 1. The monoisotopic (exact) mass is 335 g/mol. The molecule has 25 heavy (non-hydrogen) atoms. The molecule has 0 spiro atoms. The number of H-pyrrole nitrogens is 1. The summed E-state index contributed by atoms with van der Waals surface area (Å²) in [5.41, 5.74) is 3.43. The minimum Gasteiger partial charge on any atom is -0.490 e. The number of piperidine rings is 1. The summed E-state index contributed by atoms with van der Waals surface area (Å²) in [6, 6.07) is 13.6. The van der Waals surface area contributed by atoms with E-state index in [2.05, 4.69) is 22.1 Å². The Morgan fingerprint density at radius 2 is 1.92 bits per heavy atom. The van der Waals surface area contributed by atoms with Gasteiger partial charge in [0, 0.05) is 29.6 Å². The fourth-order valence-electron chi connectivity index (χ4n) is 3.31.